The van der Waals surface area contributed by atoms with Crippen molar-refractivity contribution in [3.63, 3.8) is 0 Å². The Kier molecular flexibility index (Phi) is 4.04. The number of carbonyl (C=O) groups is 1. The van der Waals surface area contributed by atoms with E-state index in [-0.39, 0.29) is 12.5 Å². The van der Waals surface area contributed by atoms with Crippen molar-refractivity contribution in [3.05, 3.63) is 24.3 Å². The van der Waals surface area contributed by atoms with Crippen LogP contribution in [0, 0.1) is 0 Å². The number of rotatable bonds is 6. The summed E-state index contributed by atoms with van der Waals surface area (Å²) in [4.78, 5) is 17.0. The topological polar surface area (TPSA) is 66.6 Å². The second-order valence-electron chi connectivity index (χ2n) is 4.75. The monoisotopic (exact) mass is 262 g/mol. The molecule has 0 fully saturated rings. The van der Waals surface area contributed by atoms with Crippen LogP contribution >= 0.6 is 0 Å². The van der Waals surface area contributed by atoms with Crippen molar-refractivity contribution in [1.29, 1.82) is 0 Å². The Bertz CT molecular complexity index is 530. The van der Waals surface area contributed by atoms with Gasteiger partial charge < -0.3 is 14.4 Å². The molecule has 0 unspecified atom stereocenters. The zero-order chi connectivity index (χ0) is 13.8. The molecule has 0 aliphatic rings. The van der Waals surface area contributed by atoms with Crippen molar-refractivity contribution in [2.45, 2.75) is 32.7 Å². The first kappa shape index (κ1) is 13.4. The summed E-state index contributed by atoms with van der Waals surface area (Å²) in [6.07, 6.45) is 0.732. The standard InChI is InChI=1S/C14H18N2O3/c1-10(2)16(9-5-8-13(17)18)14-15-11-6-3-4-7-12(11)19-14/h3-4,6-7,10H,5,8-9H2,1-2H3,(H,17,18). The number of fused-ring (bicyclic) bond motifs is 1. The minimum atomic E-state index is -0.777. The molecule has 0 saturated heterocycles. The number of hydrogen-bond donors (Lipinski definition) is 1. The summed E-state index contributed by atoms with van der Waals surface area (Å²) in [6, 6.07) is 8.36. The van der Waals surface area contributed by atoms with Gasteiger partial charge in [0.1, 0.15) is 5.52 Å². The van der Waals surface area contributed by atoms with Crippen LogP contribution in [0.25, 0.3) is 11.1 Å². The third-order valence-corrected chi connectivity index (χ3v) is 2.94. The second-order valence-corrected chi connectivity index (χ2v) is 4.75. The number of carboxylic acid groups (broad SMARTS) is 1. The van der Waals surface area contributed by atoms with E-state index in [0.717, 1.165) is 11.1 Å². The third kappa shape index (κ3) is 3.24. The van der Waals surface area contributed by atoms with E-state index in [1.54, 1.807) is 0 Å². The van der Waals surface area contributed by atoms with Crippen molar-refractivity contribution >= 4 is 23.1 Å². The molecule has 0 bridgehead atoms. The van der Waals surface area contributed by atoms with Gasteiger partial charge in [-0.3, -0.25) is 4.79 Å². The summed E-state index contributed by atoms with van der Waals surface area (Å²) >= 11 is 0. The maximum Gasteiger partial charge on any atom is 0.303 e. The Balaban J connectivity index is 2.16. The molecule has 0 saturated carbocycles. The van der Waals surface area contributed by atoms with Gasteiger partial charge in [0.2, 0.25) is 0 Å². The molecule has 2 aromatic rings. The summed E-state index contributed by atoms with van der Waals surface area (Å²) in [5.41, 5.74) is 1.57. The molecule has 0 amide bonds. The van der Waals surface area contributed by atoms with Crippen LogP contribution in [0.5, 0.6) is 0 Å². The molecule has 102 valence electrons. The number of oxazole rings is 1. The fraction of sp³-hybridized carbons (Fsp3) is 0.429. The molecule has 1 heterocycles. The normalized spacial score (nSPS) is 11.1. The summed E-state index contributed by atoms with van der Waals surface area (Å²) in [5.74, 6) is -0.777. The van der Waals surface area contributed by atoms with E-state index >= 15 is 0 Å². The van der Waals surface area contributed by atoms with Gasteiger partial charge in [0, 0.05) is 19.0 Å². The lowest BCUT2D eigenvalue weighted by atomic mass is 10.2. The number of nitrogens with zero attached hydrogens (tertiary/aromatic N) is 2. The average molecular weight is 262 g/mol. The van der Waals surface area contributed by atoms with Gasteiger partial charge in [-0.15, -0.1) is 0 Å². The molecule has 1 aromatic heterocycles. The molecular formula is C14H18N2O3. The van der Waals surface area contributed by atoms with Crippen LogP contribution in [0.2, 0.25) is 0 Å². The van der Waals surface area contributed by atoms with Crippen LogP contribution in [0.15, 0.2) is 28.7 Å². The Morgan fingerprint density at radius 2 is 2.16 bits per heavy atom. The van der Waals surface area contributed by atoms with Gasteiger partial charge in [-0.05, 0) is 32.4 Å². The van der Waals surface area contributed by atoms with Crippen molar-refractivity contribution in [2.24, 2.45) is 0 Å². The molecule has 0 radical (unpaired) electrons. The number of aromatic nitrogens is 1. The Hall–Kier alpha value is -2.04. The highest BCUT2D eigenvalue weighted by Crippen LogP contribution is 2.23. The van der Waals surface area contributed by atoms with Gasteiger partial charge in [0.05, 0.1) is 0 Å². The van der Waals surface area contributed by atoms with Gasteiger partial charge in [0.25, 0.3) is 6.01 Å². The average Bonchev–Trinajstić information content (AvgIpc) is 2.76. The lowest BCUT2D eigenvalue weighted by Crippen LogP contribution is -2.32. The van der Waals surface area contributed by atoms with Crippen molar-refractivity contribution < 1.29 is 14.3 Å². The summed E-state index contributed by atoms with van der Waals surface area (Å²) in [5, 5.41) is 8.69. The lowest BCUT2D eigenvalue weighted by Gasteiger charge is -2.24. The first-order valence-electron chi connectivity index (χ1n) is 6.42. The molecule has 0 aliphatic carbocycles. The fourth-order valence-electron chi connectivity index (χ4n) is 1.96. The van der Waals surface area contributed by atoms with Crippen LogP contribution in [-0.2, 0) is 4.79 Å². The molecule has 5 heteroatoms. The molecule has 0 atom stereocenters. The van der Waals surface area contributed by atoms with E-state index in [4.69, 9.17) is 9.52 Å². The zero-order valence-electron chi connectivity index (χ0n) is 11.2. The van der Waals surface area contributed by atoms with Gasteiger partial charge in [0.15, 0.2) is 5.58 Å². The highest BCUT2D eigenvalue weighted by atomic mass is 16.4. The molecule has 2 rings (SSSR count). The van der Waals surface area contributed by atoms with E-state index < -0.39 is 5.97 Å². The minimum Gasteiger partial charge on any atom is -0.481 e. The SMILES string of the molecule is CC(C)N(CCCC(=O)O)c1nc2ccccc2o1. The predicted octanol–water partition coefficient (Wildman–Crippen LogP) is 2.91. The molecule has 5 nitrogen and oxygen atoms in total. The van der Waals surface area contributed by atoms with Gasteiger partial charge >= 0.3 is 5.97 Å². The highest BCUT2D eigenvalue weighted by Gasteiger charge is 2.17. The molecular weight excluding hydrogens is 244 g/mol. The largest absolute Gasteiger partial charge is 0.481 e. The van der Waals surface area contributed by atoms with Gasteiger partial charge in [-0.1, -0.05) is 12.1 Å². The number of aliphatic carboxylic acids is 1. The lowest BCUT2D eigenvalue weighted by molar-refractivity contribution is -0.137. The minimum absolute atomic E-state index is 0.156. The molecule has 1 N–H and O–H groups in total. The van der Waals surface area contributed by atoms with Crippen molar-refractivity contribution in [3.8, 4) is 0 Å². The van der Waals surface area contributed by atoms with E-state index in [1.807, 2.05) is 43.0 Å². The summed E-state index contributed by atoms with van der Waals surface area (Å²) < 4.78 is 5.72. The number of carboxylic acids is 1. The molecule has 0 aliphatic heterocycles. The third-order valence-electron chi connectivity index (χ3n) is 2.94. The molecule has 0 spiro atoms. The quantitative estimate of drug-likeness (QED) is 0.867. The Morgan fingerprint density at radius 3 is 2.79 bits per heavy atom. The first-order chi connectivity index (χ1) is 9.08. The Labute approximate surface area is 111 Å². The van der Waals surface area contributed by atoms with E-state index in [2.05, 4.69) is 4.98 Å². The molecule has 19 heavy (non-hydrogen) atoms. The number of para-hydroxylation sites is 2. The van der Waals surface area contributed by atoms with E-state index in [1.165, 1.54) is 0 Å². The number of hydrogen-bond acceptors (Lipinski definition) is 4. The number of anilines is 1. The van der Waals surface area contributed by atoms with Crippen LogP contribution in [0.3, 0.4) is 0 Å². The zero-order valence-corrected chi connectivity index (χ0v) is 11.2. The van der Waals surface area contributed by atoms with Gasteiger partial charge in [-0.25, -0.2) is 0 Å². The van der Waals surface area contributed by atoms with E-state index in [0.29, 0.717) is 19.0 Å². The second kappa shape index (κ2) is 5.73. The number of benzene rings is 1. The van der Waals surface area contributed by atoms with Crippen LogP contribution < -0.4 is 4.90 Å². The smallest absolute Gasteiger partial charge is 0.303 e. The van der Waals surface area contributed by atoms with Crippen LogP contribution in [0.1, 0.15) is 26.7 Å². The van der Waals surface area contributed by atoms with Crippen molar-refractivity contribution in [2.75, 3.05) is 11.4 Å². The summed E-state index contributed by atoms with van der Waals surface area (Å²) in [7, 11) is 0. The first-order valence-corrected chi connectivity index (χ1v) is 6.42. The fourth-order valence-corrected chi connectivity index (χ4v) is 1.96. The molecule has 1 aromatic carbocycles. The predicted molar refractivity (Wildman–Crippen MR) is 73.4 cm³/mol. The van der Waals surface area contributed by atoms with Crippen LogP contribution in [-0.4, -0.2) is 28.6 Å². The maximum atomic E-state index is 10.6. The summed E-state index contributed by atoms with van der Waals surface area (Å²) in [6.45, 7) is 4.70. The maximum absolute atomic E-state index is 10.6. The Morgan fingerprint density at radius 1 is 1.42 bits per heavy atom. The van der Waals surface area contributed by atoms with E-state index in [9.17, 15) is 4.79 Å². The van der Waals surface area contributed by atoms with Gasteiger partial charge in [-0.2, -0.15) is 4.98 Å². The van der Waals surface area contributed by atoms with Crippen LogP contribution in [0.4, 0.5) is 6.01 Å². The highest BCUT2D eigenvalue weighted by molar-refractivity contribution is 5.74. The van der Waals surface area contributed by atoms with Crippen molar-refractivity contribution in [1.82, 2.24) is 4.98 Å².